The molecule has 6 nitrogen and oxygen atoms in total. The van der Waals surface area contributed by atoms with Crippen molar-refractivity contribution in [2.24, 2.45) is 11.7 Å². The Morgan fingerprint density at radius 1 is 1.25 bits per heavy atom. The summed E-state index contributed by atoms with van der Waals surface area (Å²) in [5.41, 5.74) is 7.35. The molecule has 0 bridgehead atoms. The Labute approximate surface area is 169 Å². The average molecular weight is 397 g/mol. The highest BCUT2D eigenvalue weighted by molar-refractivity contribution is 8.00. The molecule has 1 unspecified atom stereocenters. The van der Waals surface area contributed by atoms with E-state index in [0.717, 1.165) is 12.1 Å². The predicted molar refractivity (Wildman–Crippen MR) is 111 cm³/mol. The van der Waals surface area contributed by atoms with Crippen molar-refractivity contribution in [1.82, 2.24) is 4.98 Å². The number of nitrogens with two attached hydrogens (primary N) is 1. The molecule has 3 N–H and O–H groups in total. The van der Waals surface area contributed by atoms with Gasteiger partial charge < -0.3 is 11.1 Å². The van der Waals surface area contributed by atoms with Crippen molar-refractivity contribution in [1.29, 1.82) is 5.26 Å². The molecular formula is C21H24N4O2S. The number of hydrogen-bond acceptors (Lipinski definition) is 5. The highest BCUT2D eigenvalue weighted by Crippen LogP contribution is 2.29. The van der Waals surface area contributed by atoms with Crippen LogP contribution in [0.25, 0.3) is 0 Å². The van der Waals surface area contributed by atoms with E-state index in [4.69, 9.17) is 5.73 Å². The smallest absolute Gasteiger partial charge is 0.250 e. The van der Waals surface area contributed by atoms with Crippen LogP contribution in [0, 0.1) is 17.2 Å². The fraction of sp³-hybridized carbons (Fsp3) is 0.333. The molecule has 0 aliphatic carbocycles. The molecule has 0 aliphatic rings. The second kappa shape index (κ2) is 9.90. The summed E-state index contributed by atoms with van der Waals surface area (Å²) in [5, 5.41) is 12.3. The molecule has 1 heterocycles. The third-order valence-electron chi connectivity index (χ3n) is 4.02. The lowest BCUT2D eigenvalue weighted by Gasteiger charge is -2.17. The Bertz CT molecular complexity index is 906. The lowest BCUT2D eigenvalue weighted by molar-refractivity contribution is -0.115. The van der Waals surface area contributed by atoms with E-state index in [1.807, 2.05) is 13.0 Å². The van der Waals surface area contributed by atoms with Crippen LogP contribution in [0.4, 0.5) is 5.69 Å². The predicted octanol–water partition coefficient (Wildman–Crippen LogP) is 3.76. The quantitative estimate of drug-likeness (QED) is 0.660. The minimum absolute atomic E-state index is 0.255. The number of rotatable bonds is 8. The van der Waals surface area contributed by atoms with Gasteiger partial charge in [-0.15, -0.1) is 0 Å². The fourth-order valence-corrected chi connectivity index (χ4v) is 3.68. The van der Waals surface area contributed by atoms with Crippen LogP contribution >= 0.6 is 11.8 Å². The van der Waals surface area contributed by atoms with E-state index >= 15 is 0 Å². The standard InChI is InChI=1S/C21H24N4O2S/c1-4-18(20(27)25-17-8-6-5-7-16(17)19(23)26)28-21-14(12-22)9-10-15(24-21)11-13(2)3/h5-10,13,18H,4,11H2,1-3H3,(H2,23,26)(H,25,27). The monoisotopic (exact) mass is 396 g/mol. The van der Waals surface area contributed by atoms with Gasteiger partial charge in [0, 0.05) is 5.69 Å². The van der Waals surface area contributed by atoms with Crippen LogP contribution in [0.2, 0.25) is 0 Å². The van der Waals surface area contributed by atoms with Crippen LogP contribution < -0.4 is 11.1 Å². The maximum Gasteiger partial charge on any atom is 0.250 e. The minimum Gasteiger partial charge on any atom is -0.366 e. The molecule has 0 saturated heterocycles. The number of carbonyl (C=O) groups is 2. The lowest BCUT2D eigenvalue weighted by atomic mass is 10.1. The first-order valence-electron chi connectivity index (χ1n) is 9.12. The maximum absolute atomic E-state index is 12.8. The zero-order valence-corrected chi connectivity index (χ0v) is 17.0. The third-order valence-corrected chi connectivity index (χ3v) is 5.39. The first-order chi connectivity index (χ1) is 13.3. The Morgan fingerprint density at radius 2 is 1.96 bits per heavy atom. The van der Waals surface area contributed by atoms with Gasteiger partial charge in [0.25, 0.3) is 5.91 Å². The summed E-state index contributed by atoms with van der Waals surface area (Å²) in [5.74, 6) is -0.429. The first kappa shape index (κ1) is 21.5. The highest BCUT2D eigenvalue weighted by Gasteiger charge is 2.22. The molecule has 1 atom stereocenters. The number of amides is 2. The number of nitrogens with zero attached hydrogens (tertiary/aromatic N) is 2. The summed E-state index contributed by atoms with van der Waals surface area (Å²) < 4.78 is 0. The van der Waals surface area contributed by atoms with Gasteiger partial charge in [-0.25, -0.2) is 4.98 Å². The zero-order valence-electron chi connectivity index (χ0n) is 16.2. The van der Waals surface area contributed by atoms with E-state index in [0.29, 0.717) is 28.6 Å². The number of nitrogens with one attached hydrogen (secondary N) is 1. The van der Waals surface area contributed by atoms with Crippen molar-refractivity contribution < 1.29 is 9.59 Å². The molecule has 0 radical (unpaired) electrons. The van der Waals surface area contributed by atoms with Gasteiger partial charge in [-0.2, -0.15) is 5.26 Å². The lowest BCUT2D eigenvalue weighted by Crippen LogP contribution is -2.26. The number of aromatic nitrogens is 1. The zero-order chi connectivity index (χ0) is 20.7. The van der Waals surface area contributed by atoms with Crippen molar-refractivity contribution >= 4 is 29.3 Å². The second-order valence-corrected chi connectivity index (χ2v) is 7.97. The number of hydrogen-bond donors (Lipinski definition) is 2. The molecule has 7 heteroatoms. The van der Waals surface area contributed by atoms with E-state index in [1.165, 1.54) is 11.8 Å². The third kappa shape index (κ3) is 5.57. The van der Waals surface area contributed by atoms with Crippen LogP contribution in [0.5, 0.6) is 0 Å². The van der Waals surface area contributed by atoms with Crippen molar-refractivity contribution in [3.05, 3.63) is 53.2 Å². The van der Waals surface area contributed by atoms with Crippen LogP contribution in [0.15, 0.2) is 41.4 Å². The number of thioether (sulfide) groups is 1. The second-order valence-electron chi connectivity index (χ2n) is 6.78. The molecule has 0 aliphatic heterocycles. The summed E-state index contributed by atoms with van der Waals surface area (Å²) in [4.78, 5) is 28.9. The van der Waals surface area contributed by atoms with E-state index in [-0.39, 0.29) is 11.5 Å². The summed E-state index contributed by atoms with van der Waals surface area (Å²) >= 11 is 1.26. The van der Waals surface area contributed by atoms with Crippen molar-refractivity contribution in [3.63, 3.8) is 0 Å². The van der Waals surface area contributed by atoms with E-state index in [9.17, 15) is 14.9 Å². The maximum atomic E-state index is 12.8. The fourth-order valence-electron chi connectivity index (χ4n) is 2.66. The SMILES string of the molecule is CCC(Sc1nc(CC(C)C)ccc1C#N)C(=O)Nc1ccccc1C(N)=O. The molecule has 1 aromatic heterocycles. The molecule has 2 rings (SSSR count). The van der Waals surface area contributed by atoms with Crippen LogP contribution in [0.3, 0.4) is 0 Å². The summed E-state index contributed by atoms with van der Waals surface area (Å²) in [7, 11) is 0. The van der Waals surface area contributed by atoms with Gasteiger partial charge in [0.1, 0.15) is 11.1 Å². The Hall–Kier alpha value is -2.85. The Kier molecular flexibility index (Phi) is 7.59. The van der Waals surface area contributed by atoms with Gasteiger partial charge in [0.15, 0.2) is 0 Å². The molecule has 2 aromatic rings. The van der Waals surface area contributed by atoms with Gasteiger partial charge in [-0.05, 0) is 43.0 Å². The number of nitriles is 1. The van der Waals surface area contributed by atoms with Crippen LogP contribution in [-0.4, -0.2) is 22.0 Å². The van der Waals surface area contributed by atoms with Crippen molar-refractivity contribution in [2.45, 2.75) is 43.9 Å². The van der Waals surface area contributed by atoms with E-state index < -0.39 is 11.2 Å². The summed E-state index contributed by atoms with van der Waals surface area (Å²) in [6.45, 7) is 6.09. The van der Waals surface area contributed by atoms with Gasteiger partial charge >= 0.3 is 0 Å². The van der Waals surface area contributed by atoms with E-state index in [2.05, 4.69) is 30.2 Å². The van der Waals surface area contributed by atoms with Gasteiger partial charge in [0.05, 0.1) is 22.1 Å². The topological polar surface area (TPSA) is 109 Å². The first-order valence-corrected chi connectivity index (χ1v) is 10.00. The number of anilines is 1. The molecule has 0 saturated carbocycles. The minimum atomic E-state index is -0.605. The number of primary amides is 1. The molecule has 146 valence electrons. The van der Waals surface area contributed by atoms with Gasteiger partial charge in [-0.3, -0.25) is 9.59 Å². The summed E-state index contributed by atoms with van der Waals surface area (Å²) in [6, 6.07) is 12.4. The molecule has 0 fully saturated rings. The van der Waals surface area contributed by atoms with Crippen LogP contribution in [0.1, 0.15) is 48.8 Å². The summed E-state index contributed by atoms with van der Waals surface area (Å²) in [6.07, 6.45) is 1.34. The highest BCUT2D eigenvalue weighted by atomic mass is 32.2. The van der Waals surface area contributed by atoms with Gasteiger partial charge in [-0.1, -0.05) is 44.7 Å². The number of para-hydroxylation sites is 1. The number of benzene rings is 1. The van der Waals surface area contributed by atoms with E-state index in [1.54, 1.807) is 30.3 Å². The van der Waals surface area contributed by atoms with Crippen LogP contribution in [-0.2, 0) is 11.2 Å². The number of pyridine rings is 1. The molecular weight excluding hydrogens is 372 g/mol. The molecule has 1 aromatic carbocycles. The van der Waals surface area contributed by atoms with Crippen molar-refractivity contribution in [2.75, 3.05) is 5.32 Å². The normalized spacial score (nSPS) is 11.7. The molecule has 28 heavy (non-hydrogen) atoms. The van der Waals surface area contributed by atoms with Crippen molar-refractivity contribution in [3.8, 4) is 6.07 Å². The van der Waals surface area contributed by atoms with Gasteiger partial charge in [0.2, 0.25) is 5.91 Å². The average Bonchev–Trinajstić information content (AvgIpc) is 2.66. The number of carbonyl (C=O) groups excluding carboxylic acids is 2. The largest absolute Gasteiger partial charge is 0.366 e. The Morgan fingerprint density at radius 3 is 2.57 bits per heavy atom. The molecule has 0 spiro atoms. The Balaban J connectivity index is 2.23. The molecule has 2 amide bonds.